The molecule has 2 aromatic carbocycles. The van der Waals surface area contributed by atoms with Crippen LogP contribution in [0, 0.1) is 0 Å². The van der Waals surface area contributed by atoms with Crippen molar-refractivity contribution in [2.45, 2.75) is 52.4 Å². The number of hydrogen-bond acceptors (Lipinski definition) is 3. The maximum absolute atomic E-state index is 9.80. The summed E-state index contributed by atoms with van der Waals surface area (Å²) in [5.41, 5.74) is 1.55. The fraction of sp³-hybridized carbons (Fsp3) is 0.400. The molecule has 3 nitrogen and oxygen atoms in total. The van der Waals surface area contributed by atoms with Gasteiger partial charge in [-0.25, -0.2) is 0 Å². The van der Waals surface area contributed by atoms with Gasteiger partial charge in [0.05, 0.1) is 0 Å². The van der Waals surface area contributed by atoms with E-state index in [9.17, 15) is 10.2 Å². The molecule has 0 aliphatic carbocycles. The van der Waals surface area contributed by atoms with E-state index < -0.39 is 0 Å². The van der Waals surface area contributed by atoms with Gasteiger partial charge < -0.3 is 14.9 Å². The highest BCUT2D eigenvalue weighted by Crippen LogP contribution is 2.40. The topological polar surface area (TPSA) is 49.7 Å². The van der Waals surface area contributed by atoms with Gasteiger partial charge in [-0.2, -0.15) is 0 Å². The Morgan fingerprint density at radius 2 is 1.00 bits per heavy atom. The first-order valence-corrected chi connectivity index (χ1v) is 7.83. The van der Waals surface area contributed by atoms with Crippen LogP contribution in [0.5, 0.6) is 23.0 Å². The number of ether oxygens (including phenoxy) is 1. The predicted octanol–water partition coefficient (Wildman–Crippen LogP) is 5.49. The average molecular weight is 314 g/mol. The van der Waals surface area contributed by atoms with Crippen molar-refractivity contribution in [1.29, 1.82) is 0 Å². The van der Waals surface area contributed by atoms with Crippen molar-refractivity contribution in [2.75, 3.05) is 0 Å². The molecule has 2 aromatic rings. The minimum Gasteiger partial charge on any atom is -0.508 e. The molecule has 0 spiro atoms. The zero-order valence-electron chi connectivity index (χ0n) is 14.8. The van der Waals surface area contributed by atoms with Gasteiger partial charge in [-0.1, -0.05) is 41.5 Å². The molecule has 124 valence electrons. The third-order valence-electron chi connectivity index (χ3n) is 3.76. The average Bonchev–Trinajstić information content (AvgIpc) is 2.40. The Balaban J connectivity index is 2.53. The van der Waals surface area contributed by atoms with E-state index in [0.717, 1.165) is 11.1 Å². The van der Waals surface area contributed by atoms with Crippen molar-refractivity contribution >= 4 is 0 Å². The molecule has 0 saturated carbocycles. The quantitative estimate of drug-likeness (QED) is 0.771. The molecular formula is C20H26O3. The molecule has 0 aliphatic heterocycles. The summed E-state index contributed by atoms with van der Waals surface area (Å²) in [6, 6.07) is 10.3. The third-order valence-corrected chi connectivity index (χ3v) is 3.76. The molecule has 0 unspecified atom stereocenters. The molecule has 0 bridgehead atoms. The number of benzene rings is 2. The van der Waals surface area contributed by atoms with Crippen LogP contribution in [0.1, 0.15) is 52.7 Å². The lowest BCUT2D eigenvalue weighted by Gasteiger charge is -2.26. The highest BCUT2D eigenvalue weighted by molar-refractivity contribution is 5.49. The van der Waals surface area contributed by atoms with Crippen LogP contribution >= 0.6 is 0 Å². The zero-order valence-corrected chi connectivity index (χ0v) is 14.8. The van der Waals surface area contributed by atoms with E-state index >= 15 is 0 Å². The number of rotatable bonds is 2. The van der Waals surface area contributed by atoms with Crippen molar-refractivity contribution < 1.29 is 14.9 Å². The minimum atomic E-state index is -0.160. The van der Waals surface area contributed by atoms with Crippen LogP contribution in [0.2, 0.25) is 0 Å². The predicted molar refractivity (Wildman–Crippen MR) is 93.7 cm³/mol. The van der Waals surface area contributed by atoms with Crippen molar-refractivity contribution in [2.24, 2.45) is 0 Å². The maximum Gasteiger partial charge on any atom is 0.131 e. The van der Waals surface area contributed by atoms with E-state index in [1.807, 2.05) is 0 Å². The molecule has 3 heteroatoms. The largest absolute Gasteiger partial charge is 0.508 e. The highest BCUT2D eigenvalue weighted by atomic mass is 16.5. The molecule has 0 heterocycles. The van der Waals surface area contributed by atoms with E-state index in [1.54, 1.807) is 36.4 Å². The van der Waals surface area contributed by atoms with Gasteiger partial charge in [0.15, 0.2) is 0 Å². The summed E-state index contributed by atoms with van der Waals surface area (Å²) in [6.45, 7) is 12.5. The van der Waals surface area contributed by atoms with Gasteiger partial charge in [-0.05, 0) is 47.2 Å². The fourth-order valence-corrected chi connectivity index (χ4v) is 2.50. The lowest BCUT2D eigenvalue weighted by Crippen LogP contribution is -2.15. The third kappa shape index (κ3) is 3.98. The van der Waals surface area contributed by atoms with Crippen LogP contribution in [0.4, 0.5) is 0 Å². The summed E-state index contributed by atoms with van der Waals surface area (Å²) in [7, 11) is 0. The summed E-state index contributed by atoms with van der Waals surface area (Å²) in [5, 5.41) is 19.6. The Morgan fingerprint density at radius 1 is 0.652 bits per heavy atom. The van der Waals surface area contributed by atoms with E-state index in [4.69, 9.17) is 4.74 Å². The Labute approximate surface area is 138 Å². The van der Waals surface area contributed by atoms with Crippen LogP contribution in [-0.2, 0) is 10.8 Å². The van der Waals surface area contributed by atoms with Gasteiger partial charge in [0, 0.05) is 11.1 Å². The molecule has 23 heavy (non-hydrogen) atoms. The molecule has 2 rings (SSSR count). The first kappa shape index (κ1) is 17.2. The van der Waals surface area contributed by atoms with Crippen molar-refractivity contribution in [3.63, 3.8) is 0 Å². The molecule has 2 N–H and O–H groups in total. The second-order valence-electron chi connectivity index (χ2n) is 7.96. The normalized spacial score (nSPS) is 12.3. The van der Waals surface area contributed by atoms with E-state index in [-0.39, 0.29) is 22.3 Å². The Bertz CT molecular complexity index is 642. The van der Waals surface area contributed by atoms with Gasteiger partial charge in [-0.3, -0.25) is 0 Å². The van der Waals surface area contributed by atoms with Gasteiger partial charge in [-0.15, -0.1) is 0 Å². The number of phenols is 2. The molecule has 0 aromatic heterocycles. The van der Waals surface area contributed by atoms with Gasteiger partial charge in [0.1, 0.15) is 23.0 Å². The van der Waals surface area contributed by atoms with Crippen LogP contribution in [-0.4, -0.2) is 10.2 Å². The Morgan fingerprint density at radius 3 is 1.30 bits per heavy atom. The lowest BCUT2D eigenvalue weighted by atomic mass is 9.85. The molecular weight excluding hydrogens is 288 g/mol. The van der Waals surface area contributed by atoms with Crippen LogP contribution < -0.4 is 4.74 Å². The van der Waals surface area contributed by atoms with Crippen molar-refractivity contribution in [1.82, 2.24) is 0 Å². The summed E-state index contributed by atoms with van der Waals surface area (Å²) in [6.07, 6.45) is 0. The number of phenolic OH excluding ortho intramolecular Hbond substituents is 2. The van der Waals surface area contributed by atoms with Crippen LogP contribution in [0.25, 0.3) is 0 Å². The SMILES string of the molecule is CC(C)(C)c1cc(O)ccc1Oc1ccc(O)cc1C(C)(C)C. The Kier molecular flexibility index (Phi) is 4.34. The number of aromatic hydroxyl groups is 2. The van der Waals surface area contributed by atoms with Crippen molar-refractivity contribution in [3.8, 4) is 23.0 Å². The smallest absolute Gasteiger partial charge is 0.131 e. The second kappa shape index (κ2) is 5.80. The highest BCUT2D eigenvalue weighted by Gasteiger charge is 2.23. The van der Waals surface area contributed by atoms with Gasteiger partial charge in [0.2, 0.25) is 0 Å². The van der Waals surface area contributed by atoms with E-state index in [2.05, 4.69) is 41.5 Å². The molecule has 0 amide bonds. The molecule has 0 fully saturated rings. The van der Waals surface area contributed by atoms with Crippen LogP contribution in [0.3, 0.4) is 0 Å². The van der Waals surface area contributed by atoms with Crippen LogP contribution in [0.15, 0.2) is 36.4 Å². The molecule has 0 radical (unpaired) electrons. The first-order valence-electron chi connectivity index (χ1n) is 7.83. The summed E-state index contributed by atoms with van der Waals surface area (Å²) in [4.78, 5) is 0. The van der Waals surface area contributed by atoms with Gasteiger partial charge >= 0.3 is 0 Å². The second-order valence-corrected chi connectivity index (χ2v) is 7.96. The zero-order chi connectivity index (χ0) is 17.4. The van der Waals surface area contributed by atoms with Gasteiger partial charge in [0.25, 0.3) is 0 Å². The molecule has 0 saturated heterocycles. The standard InChI is InChI=1S/C20H26O3/c1-19(2,3)15-11-13(21)7-9-17(15)23-18-10-8-14(22)12-16(18)20(4,5)6/h7-12,21-22H,1-6H3. The fourth-order valence-electron chi connectivity index (χ4n) is 2.50. The maximum atomic E-state index is 9.80. The molecule has 0 aliphatic rings. The monoisotopic (exact) mass is 314 g/mol. The Hall–Kier alpha value is -2.16. The van der Waals surface area contributed by atoms with E-state index in [1.165, 1.54) is 0 Å². The summed E-state index contributed by atoms with van der Waals surface area (Å²) in [5.74, 6) is 1.88. The number of hydrogen-bond donors (Lipinski definition) is 2. The lowest BCUT2D eigenvalue weighted by molar-refractivity contribution is 0.423. The summed E-state index contributed by atoms with van der Waals surface area (Å²) < 4.78 is 6.18. The van der Waals surface area contributed by atoms with E-state index in [0.29, 0.717) is 11.5 Å². The minimum absolute atomic E-state index is 0.160. The summed E-state index contributed by atoms with van der Waals surface area (Å²) >= 11 is 0. The first-order chi connectivity index (χ1) is 10.5. The van der Waals surface area contributed by atoms with Crippen molar-refractivity contribution in [3.05, 3.63) is 47.5 Å². The molecule has 0 atom stereocenters.